The van der Waals surface area contributed by atoms with Crippen LogP contribution in [-0.2, 0) is 4.74 Å². The lowest BCUT2D eigenvalue weighted by Gasteiger charge is -2.32. The first kappa shape index (κ1) is 24.5. The van der Waals surface area contributed by atoms with Gasteiger partial charge in [-0.25, -0.2) is 4.79 Å². The molecule has 2 heterocycles. The first-order chi connectivity index (χ1) is 17.0. The topological polar surface area (TPSA) is 93.4 Å². The third kappa shape index (κ3) is 5.89. The minimum Gasteiger partial charge on any atom is -0.497 e. The number of hydrogen-bond donors (Lipinski definition) is 2. The Balaban J connectivity index is 1.30. The maximum absolute atomic E-state index is 12.9. The Kier molecular flexibility index (Phi) is 7.82. The van der Waals surface area contributed by atoms with E-state index in [0.717, 1.165) is 44.0 Å². The molecule has 8 heteroatoms. The molecule has 35 heavy (non-hydrogen) atoms. The molecule has 0 saturated carbocycles. The van der Waals surface area contributed by atoms with Crippen molar-refractivity contribution < 1.29 is 29.2 Å². The summed E-state index contributed by atoms with van der Waals surface area (Å²) in [7, 11) is 1.64. The van der Waals surface area contributed by atoms with Crippen LogP contribution in [0.3, 0.4) is 0 Å². The van der Waals surface area contributed by atoms with Crippen molar-refractivity contribution >= 4 is 5.97 Å². The van der Waals surface area contributed by atoms with Crippen LogP contribution < -0.4 is 9.47 Å². The van der Waals surface area contributed by atoms with Gasteiger partial charge >= 0.3 is 5.97 Å². The van der Waals surface area contributed by atoms with Gasteiger partial charge in [-0.15, -0.1) is 0 Å². The van der Waals surface area contributed by atoms with Gasteiger partial charge < -0.3 is 24.4 Å². The van der Waals surface area contributed by atoms with Crippen LogP contribution in [0.25, 0.3) is 5.69 Å². The summed E-state index contributed by atoms with van der Waals surface area (Å²) in [5, 5.41) is 20.6. The predicted molar refractivity (Wildman–Crippen MR) is 132 cm³/mol. The second-order valence-corrected chi connectivity index (χ2v) is 8.79. The van der Waals surface area contributed by atoms with E-state index >= 15 is 0 Å². The van der Waals surface area contributed by atoms with Gasteiger partial charge in [0.25, 0.3) is 0 Å². The van der Waals surface area contributed by atoms with Crippen molar-refractivity contribution in [1.29, 1.82) is 0 Å². The average Bonchev–Trinajstić information content (AvgIpc) is 3.13. The van der Waals surface area contributed by atoms with Gasteiger partial charge in [0, 0.05) is 30.6 Å². The second kappa shape index (κ2) is 11.2. The first-order valence-electron chi connectivity index (χ1n) is 11.8. The number of benzene rings is 2. The molecule has 0 amide bonds. The van der Waals surface area contributed by atoms with Gasteiger partial charge in [-0.05, 0) is 62.7 Å². The summed E-state index contributed by atoms with van der Waals surface area (Å²) in [6.45, 7) is 5.19. The maximum atomic E-state index is 12.9. The van der Waals surface area contributed by atoms with Crippen molar-refractivity contribution in [2.75, 3.05) is 40.0 Å². The number of piperidine rings is 1. The largest absolute Gasteiger partial charge is 0.497 e. The fourth-order valence-corrected chi connectivity index (χ4v) is 4.41. The second-order valence-electron chi connectivity index (χ2n) is 8.79. The number of ether oxygens (including phenoxy) is 3. The molecule has 1 unspecified atom stereocenters. The maximum Gasteiger partial charge on any atom is 0.340 e. The molecule has 2 N–H and O–H groups in total. The van der Waals surface area contributed by atoms with Crippen molar-refractivity contribution in [3.63, 3.8) is 0 Å². The van der Waals surface area contributed by atoms with Crippen LogP contribution in [0.2, 0.25) is 0 Å². The van der Waals surface area contributed by atoms with Crippen molar-refractivity contribution in [2.45, 2.75) is 19.8 Å². The fourth-order valence-electron chi connectivity index (χ4n) is 4.41. The summed E-state index contributed by atoms with van der Waals surface area (Å²) in [5.41, 5.74) is 1.18. The quantitative estimate of drug-likeness (QED) is 0.444. The molecular weight excluding hydrogens is 448 g/mol. The van der Waals surface area contributed by atoms with Crippen LogP contribution in [0.1, 0.15) is 28.8 Å². The van der Waals surface area contributed by atoms with E-state index in [-0.39, 0.29) is 23.2 Å². The van der Waals surface area contributed by atoms with Gasteiger partial charge in [-0.1, -0.05) is 12.1 Å². The fraction of sp³-hybridized carbons (Fsp3) is 0.370. The molecule has 0 radical (unpaired) electrons. The highest BCUT2D eigenvalue weighted by Crippen LogP contribution is 2.32. The Bertz CT molecular complexity index is 1140. The number of para-hydroxylation sites is 1. The van der Waals surface area contributed by atoms with Gasteiger partial charge in [-0.2, -0.15) is 0 Å². The lowest BCUT2D eigenvalue weighted by atomic mass is 9.99. The number of carbonyl (C=O) groups excluding carboxylic acids is 1. The van der Waals surface area contributed by atoms with Crippen LogP contribution in [-0.4, -0.2) is 65.6 Å². The summed E-state index contributed by atoms with van der Waals surface area (Å²) in [5.74, 6) is 1.11. The number of rotatable bonds is 9. The first-order valence-corrected chi connectivity index (χ1v) is 11.8. The number of aromatic nitrogens is 1. The Morgan fingerprint density at radius 2 is 1.83 bits per heavy atom. The molecule has 1 aliphatic heterocycles. The monoisotopic (exact) mass is 480 g/mol. The lowest BCUT2D eigenvalue weighted by Crippen LogP contribution is -2.39. The standard InChI is InChI=1S/C27H32N2O6/c1-19-16-25(30)29(26(19)31)24-8-4-3-7-23(24)27(32)35-18-20-6-5-13-28(17-20)14-15-34-22-11-9-21(33-2)10-12-22/h3-4,7-12,16,20,30-31H,5-6,13-15,17-18H2,1-2H3. The van der Waals surface area contributed by atoms with Crippen molar-refractivity contribution in [1.82, 2.24) is 9.47 Å². The zero-order valence-electron chi connectivity index (χ0n) is 20.1. The highest BCUT2D eigenvalue weighted by Gasteiger charge is 2.24. The van der Waals surface area contributed by atoms with Crippen LogP contribution in [0.15, 0.2) is 54.6 Å². The zero-order chi connectivity index (χ0) is 24.8. The van der Waals surface area contributed by atoms with Gasteiger partial charge in [0.15, 0.2) is 5.88 Å². The van der Waals surface area contributed by atoms with E-state index in [4.69, 9.17) is 14.2 Å². The summed E-state index contributed by atoms with van der Waals surface area (Å²) in [4.78, 5) is 15.3. The third-order valence-electron chi connectivity index (χ3n) is 6.29. The molecule has 2 aromatic carbocycles. The number of hydrogen-bond acceptors (Lipinski definition) is 7. The minimum atomic E-state index is -0.481. The molecule has 8 nitrogen and oxygen atoms in total. The molecule has 0 bridgehead atoms. The molecule has 0 spiro atoms. The van der Waals surface area contributed by atoms with Crippen LogP contribution in [0, 0.1) is 12.8 Å². The normalized spacial score (nSPS) is 16.1. The zero-order valence-corrected chi connectivity index (χ0v) is 20.1. The van der Waals surface area contributed by atoms with Crippen LogP contribution in [0.5, 0.6) is 23.3 Å². The number of likely N-dealkylation sites (tertiary alicyclic amines) is 1. The Hall–Kier alpha value is -3.65. The molecule has 1 aromatic heterocycles. The SMILES string of the molecule is COc1ccc(OCCN2CCCC(COC(=O)c3ccccc3-n3c(O)cc(C)c3O)C2)cc1. The molecule has 4 rings (SSSR count). The smallest absolute Gasteiger partial charge is 0.340 e. The summed E-state index contributed by atoms with van der Waals surface area (Å²) in [6, 6.07) is 15.8. The highest BCUT2D eigenvalue weighted by atomic mass is 16.5. The van der Waals surface area contributed by atoms with E-state index in [0.29, 0.717) is 24.5 Å². The number of aromatic hydroxyl groups is 2. The Morgan fingerprint density at radius 3 is 2.54 bits per heavy atom. The molecule has 0 aliphatic carbocycles. The highest BCUT2D eigenvalue weighted by molar-refractivity contribution is 5.93. The van der Waals surface area contributed by atoms with Crippen LogP contribution >= 0.6 is 0 Å². The third-order valence-corrected chi connectivity index (χ3v) is 6.29. The van der Waals surface area contributed by atoms with E-state index in [1.807, 2.05) is 24.3 Å². The van der Waals surface area contributed by atoms with Gasteiger partial charge in [0.05, 0.1) is 25.0 Å². The van der Waals surface area contributed by atoms with Crippen molar-refractivity contribution in [2.24, 2.45) is 5.92 Å². The van der Waals surface area contributed by atoms with E-state index < -0.39 is 5.97 Å². The van der Waals surface area contributed by atoms with Crippen LogP contribution in [0.4, 0.5) is 0 Å². The Labute approximate surface area is 205 Å². The molecule has 1 atom stereocenters. The number of esters is 1. The summed E-state index contributed by atoms with van der Waals surface area (Å²) in [6.07, 6.45) is 2.02. The molecule has 1 fully saturated rings. The number of carbonyl (C=O) groups is 1. The number of methoxy groups -OCH3 is 1. The van der Waals surface area contributed by atoms with Gasteiger partial charge in [-0.3, -0.25) is 9.47 Å². The Morgan fingerprint density at radius 1 is 1.09 bits per heavy atom. The molecule has 1 saturated heterocycles. The van der Waals surface area contributed by atoms with E-state index in [2.05, 4.69) is 4.90 Å². The molecular formula is C27H32N2O6. The summed E-state index contributed by atoms with van der Waals surface area (Å²) >= 11 is 0. The lowest BCUT2D eigenvalue weighted by molar-refractivity contribution is 0.0344. The predicted octanol–water partition coefficient (Wildman–Crippen LogP) is 4.15. The minimum absolute atomic E-state index is 0.109. The molecule has 3 aromatic rings. The summed E-state index contributed by atoms with van der Waals surface area (Å²) < 4.78 is 17.9. The van der Waals surface area contributed by atoms with Crippen molar-refractivity contribution in [3.05, 3.63) is 65.7 Å². The van der Waals surface area contributed by atoms with E-state index in [1.165, 1.54) is 10.6 Å². The van der Waals surface area contributed by atoms with Gasteiger partial charge in [0.1, 0.15) is 18.1 Å². The van der Waals surface area contributed by atoms with E-state index in [1.54, 1.807) is 38.3 Å². The van der Waals surface area contributed by atoms with Gasteiger partial charge in [0.2, 0.25) is 5.88 Å². The molecule has 1 aliphatic rings. The number of nitrogens with zero attached hydrogens (tertiary/aromatic N) is 2. The van der Waals surface area contributed by atoms with Crippen molar-refractivity contribution in [3.8, 4) is 28.9 Å². The average molecular weight is 481 g/mol. The molecule has 186 valence electrons. The van der Waals surface area contributed by atoms with E-state index in [9.17, 15) is 15.0 Å². The number of aryl methyl sites for hydroxylation is 1.